The number of likely N-dealkylation sites (tertiary alicyclic amines) is 1. The maximum atomic E-state index is 11.4. The van der Waals surface area contributed by atoms with Crippen molar-refractivity contribution in [1.82, 2.24) is 10.2 Å². The third-order valence-corrected chi connectivity index (χ3v) is 3.12. The van der Waals surface area contributed by atoms with E-state index in [1.165, 1.54) is 0 Å². The standard InChI is InChI=1S/C11H16N2O2/c1-7(2)13-4-3-8(6-13)9-5-10(14)12-11(9)15/h7H,3-6H2,1-2H3,(H,12,14,15). The topological polar surface area (TPSA) is 49.4 Å². The smallest absolute Gasteiger partial charge is 0.254 e. The molecule has 2 saturated heterocycles. The van der Waals surface area contributed by atoms with Gasteiger partial charge in [-0.3, -0.25) is 19.8 Å². The summed E-state index contributed by atoms with van der Waals surface area (Å²) >= 11 is 0. The van der Waals surface area contributed by atoms with E-state index >= 15 is 0 Å². The van der Waals surface area contributed by atoms with Crippen LogP contribution in [-0.4, -0.2) is 35.8 Å². The second kappa shape index (κ2) is 3.77. The van der Waals surface area contributed by atoms with Crippen molar-refractivity contribution < 1.29 is 9.59 Å². The molecule has 0 aromatic rings. The first-order valence-electron chi connectivity index (χ1n) is 5.37. The largest absolute Gasteiger partial charge is 0.297 e. The summed E-state index contributed by atoms with van der Waals surface area (Å²) < 4.78 is 0. The molecule has 2 fully saturated rings. The minimum absolute atomic E-state index is 0.162. The molecule has 0 unspecified atom stereocenters. The number of hydrogen-bond acceptors (Lipinski definition) is 3. The van der Waals surface area contributed by atoms with E-state index in [4.69, 9.17) is 0 Å². The van der Waals surface area contributed by atoms with Gasteiger partial charge in [0.25, 0.3) is 5.91 Å². The fourth-order valence-corrected chi connectivity index (χ4v) is 2.14. The fraction of sp³-hybridized carbons (Fsp3) is 0.636. The minimum Gasteiger partial charge on any atom is -0.297 e. The van der Waals surface area contributed by atoms with E-state index in [1.807, 2.05) is 0 Å². The van der Waals surface area contributed by atoms with Gasteiger partial charge in [0, 0.05) is 24.7 Å². The van der Waals surface area contributed by atoms with E-state index in [1.54, 1.807) is 0 Å². The normalized spacial score (nSPS) is 27.9. The van der Waals surface area contributed by atoms with Gasteiger partial charge in [0.2, 0.25) is 5.91 Å². The van der Waals surface area contributed by atoms with Gasteiger partial charge in [-0.1, -0.05) is 0 Å². The van der Waals surface area contributed by atoms with Crippen molar-refractivity contribution in [2.45, 2.75) is 32.7 Å². The zero-order valence-electron chi connectivity index (χ0n) is 9.17. The number of nitrogens with one attached hydrogen (secondary N) is 1. The van der Waals surface area contributed by atoms with Crippen molar-refractivity contribution >= 4 is 11.8 Å². The number of carbonyl (C=O) groups is 2. The first-order chi connectivity index (χ1) is 7.08. The number of amides is 2. The molecule has 0 aromatic heterocycles. The molecule has 0 saturated carbocycles. The Labute approximate surface area is 89.3 Å². The summed E-state index contributed by atoms with van der Waals surface area (Å²) in [5.74, 6) is -0.342. The SMILES string of the molecule is CC(C)N1CCC(=C2CC(=O)NC2=O)C1. The highest BCUT2D eigenvalue weighted by atomic mass is 16.2. The zero-order valence-corrected chi connectivity index (χ0v) is 9.17. The molecule has 0 bridgehead atoms. The van der Waals surface area contributed by atoms with Gasteiger partial charge in [-0.05, 0) is 25.8 Å². The van der Waals surface area contributed by atoms with Crippen LogP contribution < -0.4 is 5.32 Å². The summed E-state index contributed by atoms with van der Waals surface area (Å²) in [5.41, 5.74) is 1.86. The summed E-state index contributed by atoms with van der Waals surface area (Å²) in [7, 11) is 0. The van der Waals surface area contributed by atoms with E-state index in [9.17, 15) is 9.59 Å². The molecular formula is C11H16N2O2. The third-order valence-electron chi connectivity index (χ3n) is 3.12. The van der Waals surface area contributed by atoms with E-state index < -0.39 is 0 Å². The highest BCUT2D eigenvalue weighted by molar-refractivity contribution is 6.13. The van der Waals surface area contributed by atoms with Crippen molar-refractivity contribution in [3.8, 4) is 0 Å². The maximum Gasteiger partial charge on any atom is 0.254 e. The van der Waals surface area contributed by atoms with Gasteiger partial charge >= 0.3 is 0 Å². The van der Waals surface area contributed by atoms with Crippen molar-refractivity contribution in [3.63, 3.8) is 0 Å². The number of hydrogen-bond donors (Lipinski definition) is 1. The van der Waals surface area contributed by atoms with Crippen LogP contribution in [0.5, 0.6) is 0 Å². The van der Waals surface area contributed by atoms with Gasteiger partial charge in [0.1, 0.15) is 0 Å². The van der Waals surface area contributed by atoms with Crippen LogP contribution in [0.3, 0.4) is 0 Å². The molecule has 0 spiro atoms. The second-order valence-corrected chi connectivity index (χ2v) is 4.45. The quantitative estimate of drug-likeness (QED) is 0.502. The predicted molar refractivity (Wildman–Crippen MR) is 56.1 cm³/mol. The molecule has 1 N–H and O–H groups in total. The first kappa shape index (κ1) is 10.4. The van der Waals surface area contributed by atoms with Crippen LogP contribution in [0, 0.1) is 0 Å². The molecule has 2 aliphatic rings. The van der Waals surface area contributed by atoms with E-state index in [2.05, 4.69) is 24.1 Å². The lowest BCUT2D eigenvalue weighted by molar-refractivity contribution is -0.124. The van der Waals surface area contributed by atoms with Gasteiger partial charge in [-0.25, -0.2) is 0 Å². The molecule has 2 aliphatic heterocycles. The van der Waals surface area contributed by atoms with Gasteiger partial charge in [-0.2, -0.15) is 0 Å². The Bertz CT molecular complexity index is 344. The van der Waals surface area contributed by atoms with Gasteiger partial charge < -0.3 is 0 Å². The van der Waals surface area contributed by atoms with Crippen molar-refractivity contribution in [2.24, 2.45) is 0 Å². The van der Waals surface area contributed by atoms with Crippen molar-refractivity contribution in [2.75, 3.05) is 13.1 Å². The van der Waals surface area contributed by atoms with Crippen LogP contribution in [0.1, 0.15) is 26.7 Å². The average Bonchev–Trinajstić information content (AvgIpc) is 2.71. The third kappa shape index (κ3) is 1.95. The van der Waals surface area contributed by atoms with Crippen molar-refractivity contribution in [3.05, 3.63) is 11.1 Å². The predicted octanol–water partition coefficient (Wildman–Crippen LogP) is 0.444. The Hall–Kier alpha value is -1.16. The van der Waals surface area contributed by atoms with Crippen molar-refractivity contribution in [1.29, 1.82) is 0 Å². The molecule has 4 heteroatoms. The molecule has 2 rings (SSSR count). The number of nitrogens with zero attached hydrogens (tertiary/aromatic N) is 1. The second-order valence-electron chi connectivity index (χ2n) is 4.45. The van der Waals surface area contributed by atoms with Gasteiger partial charge in [0.15, 0.2) is 0 Å². The molecule has 0 atom stereocenters. The average molecular weight is 208 g/mol. The molecule has 2 amide bonds. The summed E-state index contributed by atoms with van der Waals surface area (Å²) in [5, 5.41) is 2.33. The van der Waals surface area contributed by atoms with Crippen LogP contribution in [0.2, 0.25) is 0 Å². The molecule has 4 nitrogen and oxygen atoms in total. The molecule has 0 aliphatic carbocycles. The van der Waals surface area contributed by atoms with Gasteiger partial charge in [-0.15, -0.1) is 0 Å². The lowest BCUT2D eigenvalue weighted by atomic mass is 10.1. The minimum atomic E-state index is -0.180. The Balaban J connectivity index is 2.15. The van der Waals surface area contributed by atoms with E-state index in [0.717, 1.165) is 25.1 Å². The molecule has 15 heavy (non-hydrogen) atoms. The number of carbonyl (C=O) groups excluding carboxylic acids is 2. The lowest BCUT2D eigenvalue weighted by Gasteiger charge is -2.18. The van der Waals surface area contributed by atoms with E-state index in [-0.39, 0.29) is 18.2 Å². The van der Waals surface area contributed by atoms with Crippen LogP contribution in [-0.2, 0) is 9.59 Å². The summed E-state index contributed by atoms with van der Waals surface area (Å²) in [6.07, 6.45) is 1.20. The van der Waals surface area contributed by atoms with Gasteiger partial charge in [0.05, 0.1) is 6.42 Å². The summed E-state index contributed by atoms with van der Waals surface area (Å²) in [6.45, 7) is 6.13. The molecule has 0 aromatic carbocycles. The molecule has 82 valence electrons. The first-order valence-corrected chi connectivity index (χ1v) is 5.37. The van der Waals surface area contributed by atoms with Crippen LogP contribution in [0.15, 0.2) is 11.1 Å². The maximum absolute atomic E-state index is 11.4. The van der Waals surface area contributed by atoms with Crippen LogP contribution >= 0.6 is 0 Å². The Morgan fingerprint density at radius 1 is 1.33 bits per heavy atom. The Kier molecular flexibility index (Phi) is 2.61. The number of imide groups is 1. The fourth-order valence-electron chi connectivity index (χ4n) is 2.14. The highest BCUT2D eigenvalue weighted by Crippen LogP contribution is 2.24. The zero-order chi connectivity index (χ0) is 11.0. The molecule has 0 radical (unpaired) electrons. The van der Waals surface area contributed by atoms with E-state index in [0.29, 0.717) is 11.6 Å². The number of rotatable bonds is 1. The molecule has 2 heterocycles. The Morgan fingerprint density at radius 3 is 2.53 bits per heavy atom. The van der Waals surface area contributed by atoms with Crippen LogP contribution in [0.4, 0.5) is 0 Å². The summed E-state index contributed by atoms with van der Waals surface area (Å²) in [6, 6.07) is 0.503. The summed E-state index contributed by atoms with van der Waals surface area (Å²) in [4.78, 5) is 24.8. The highest BCUT2D eigenvalue weighted by Gasteiger charge is 2.30. The monoisotopic (exact) mass is 208 g/mol. The van der Waals surface area contributed by atoms with Crippen LogP contribution in [0.25, 0.3) is 0 Å². The molecular weight excluding hydrogens is 192 g/mol. The Morgan fingerprint density at radius 2 is 2.07 bits per heavy atom. The lowest BCUT2D eigenvalue weighted by Crippen LogP contribution is -2.27.